The second kappa shape index (κ2) is 9.09. The van der Waals surface area contributed by atoms with Crippen LogP contribution >= 0.6 is 0 Å². The van der Waals surface area contributed by atoms with Gasteiger partial charge in [0.25, 0.3) is 0 Å². The summed E-state index contributed by atoms with van der Waals surface area (Å²) in [4.78, 5) is 4.22. The van der Waals surface area contributed by atoms with Gasteiger partial charge in [0.2, 0.25) is 0 Å². The first-order valence-electron chi connectivity index (χ1n) is 7.30. The number of hydrogen-bond donors (Lipinski definition) is 1. The molecular weight excluding hydrogens is 224 g/mol. The lowest BCUT2D eigenvalue weighted by Crippen LogP contribution is -2.28. The Hall–Kier alpha value is -0.900. The van der Waals surface area contributed by atoms with Crippen LogP contribution in [0.4, 0.5) is 0 Å². The van der Waals surface area contributed by atoms with Crippen molar-refractivity contribution >= 4 is 0 Å². The first-order chi connectivity index (χ1) is 8.72. The van der Waals surface area contributed by atoms with Gasteiger partial charge in [-0.2, -0.15) is 5.10 Å². The van der Waals surface area contributed by atoms with Crippen molar-refractivity contribution in [3.05, 3.63) is 12.2 Å². The van der Waals surface area contributed by atoms with Gasteiger partial charge in [-0.15, -0.1) is 0 Å². The molecular formula is C14H28N4. The van der Waals surface area contributed by atoms with Crippen LogP contribution in [0.1, 0.15) is 58.2 Å². The molecule has 0 aromatic carbocycles. The summed E-state index contributed by atoms with van der Waals surface area (Å²) >= 11 is 0. The van der Waals surface area contributed by atoms with Crippen LogP contribution in [0.3, 0.4) is 0 Å². The lowest BCUT2D eigenvalue weighted by molar-refractivity contribution is 0.480. The predicted octanol–water partition coefficient (Wildman–Crippen LogP) is 2.70. The predicted molar refractivity (Wildman–Crippen MR) is 75.5 cm³/mol. The van der Waals surface area contributed by atoms with E-state index in [1.54, 1.807) is 11.0 Å². The molecule has 1 N–H and O–H groups in total. The summed E-state index contributed by atoms with van der Waals surface area (Å²) in [6.07, 6.45) is 10.8. The number of hydrogen-bond acceptors (Lipinski definition) is 3. The van der Waals surface area contributed by atoms with E-state index in [0.717, 1.165) is 18.8 Å². The fourth-order valence-electron chi connectivity index (χ4n) is 2.08. The van der Waals surface area contributed by atoms with E-state index in [4.69, 9.17) is 0 Å². The molecule has 0 aliphatic carbocycles. The van der Waals surface area contributed by atoms with E-state index in [0.29, 0.717) is 6.04 Å². The summed E-state index contributed by atoms with van der Waals surface area (Å²) in [6, 6.07) is 0.607. The number of unbranched alkanes of at least 4 members (excludes halogenated alkanes) is 4. The molecule has 1 atom stereocenters. The minimum absolute atomic E-state index is 0.607. The summed E-state index contributed by atoms with van der Waals surface area (Å²) in [5.74, 6) is 0.931. The van der Waals surface area contributed by atoms with E-state index in [-0.39, 0.29) is 0 Å². The third-order valence-corrected chi connectivity index (χ3v) is 3.23. The molecule has 18 heavy (non-hydrogen) atoms. The molecule has 0 radical (unpaired) electrons. The van der Waals surface area contributed by atoms with E-state index in [9.17, 15) is 0 Å². The Balaban J connectivity index is 1.98. The molecule has 104 valence electrons. The van der Waals surface area contributed by atoms with Crippen molar-refractivity contribution in [1.29, 1.82) is 0 Å². The zero-order valence-electron chi connectivity index (χ0n) is 12.2. The average molecular weight is 252 g/mol. The van der Waals surface area contributed by atoms with Crippen molar-refractivity contribution in [3.8, 4) is 0 Å². The minimum Gasteiger partial charge on any atom is -0.314 e. The highest BCUT2D eigenvalue weighted by Crippen LogP contribution is 2.06. The molecule has 4 heteroatoms. The molecule has 0 spiro atoms. The third-order valence-electron chi connectivity index (χ3n) is 3.23. The van der Waals surface area contributed by atoms with E-state index in [1.807, 2.05) is 7.05 Å². The molecule has 0 aliphatic heterocycles. The minimum atomic E-state index is 0.607. The SMILES string of the molecule is CCCCCCCC(C)NCCc1ncn(C)n1. The molecule has 0 aliphatic rings. The third kappa shape index (κ3) is 6.74. The first-order valence-corrected chi connectivity index (χ1v) is 7.30. The van der Waals surface area contributed by atoms with Crippen LogP contribution in [0.15, 0.2) is 6.33 Å². The second-order valence-electron chi connectivity index (χ2n) is 5.14. The average Bonchev–Trinajstić information content (AvgIpc) is 2.75. The van der Waals surface area contributed by atoms with Gasteiger partial charge in [0.15, 0.2) is 5.82 Å². The van der Waals surface area contributed by atoms with E-state index in [1.165, 1.54) is 38.5 Å². The number of nitrogens with one attached hydrogen (secondary N) is 1. The Kier molecular flexibility index (Phi) is 7.65. The lowest BCUT2D eigenvalue weighted by atomic mass is 10.1. The van der Waals surface area contributed by atoms with Crippen LogP contribution < -0.4 is 5.32 Å². The highest BCUT2D eigenvalue weighted by molar-refractivity contribution is 4.82. The van der Waals surface area contributed by atoms with Crippen molar-refractivity contribution in [3.63, 3.8) is 0 Å². The van der Waals surface area contributed by atoms with Gasteiger partial charge in [0, 0.05) is 26.1 Å². The molecule has 1 aromatic rings. The largest absolute Gasteiger partial charge is 0.314 e. The summed E-state index contributed by atoms with van der Waals surface area (Å²) in [5.41, 5.74) is 0. The number of aromatic nitrogens is 3. The summed E-state index contributed by atoms with van der Waals surface area (Å²) in [7, 11) is 1.91. The van der Waals surface area contributed by atoms with Gasteiger partial charge in [0.05, 0.1) is 0 Å². The van der Waals surface area contributed by atoms with Gasteiger partial charge >= 0.3 is 0 Å². The molecule has 0 saturated carbocycles. The smallest absolute Gasteiger partial charge is 0.151 e. The van der Waals surface area contributed by atoms with Gasteiger partial charge in [-0.3, -0.25) is 4.68 Å². The zero-order valence-corrected chi connectivity index (χ0v) is 12.2. The summed E-state index contributed by atoms with van der Waals surface area (Å²) < 4.78 is 1.76. The van der Waals surface area contributed by atoms with Crippen molar-refractivity contribution in [2.24, 2.45) is 7.05 Å². The maximum Gasteiger partial charge on any atom is 0.151 e. The molecule has 0 amide bonds. The van der Waals surface area contributed by atoms with Gasteiger partial charge in [-0.25, -0.2) is 4.98 Å². The first kappa shape index (κ1) is 15.2. The van der Waals surface area contributed by atoms with Gasteiger partial charge in [-0.05, 0) is 13.3 Å². The monoisotopic (exact) mass is 252 g/mol. The molecule has 0 bridgehead atoms. The van der Waals surface area contributed by atoms with Crippen LogP contribution in [-0.2, 0) is 13.5 Å². The fourth-order valence-corrected chi connectivity index (χ4v) is 2.08. The zero-order chi connectivity index (χ0) is 13.2. The highest BCUT2D eigenvalue weighted by atomic mass is 15.3. The topological polar surface area (TPSA) is 42.7 Å². The standard InChI is InChI=1S/C14H28N4/c1-4-5-6-7-8-9-13(2)15-11-10-14-16-12-18(3)17-14/h12-13,15H,4-11H2,1-3H3. The van der Waals surface area contributed by atoms with Crippen LogP contribution in [0.2, 0.25) is 0 Å². The molecule has 1 heterocycles. The lowest BCUT2D eigenvalue weighted by Gasteiger charge is -2.12. The number of aryl methyl sites for hydroxylation is 1. The highest BCUT2D eigenvalue weighted by Gasteiger charge is 2.02. The van der Waals surface area contributed by atoms with E-state index < -0.39 is 0 Å². The molecule has 4 nitrogen and oxygen atoms in total. The van der Waals surface area contributed by atoms with Crippen LogP contribution in [0, 0.1) is 0 Å². The molecule has 1 aromatic heterocycles. The van der Waals surface area contributed by atoms with Gasteiger partial charge in [0.1, 0.15) is 6.33 Å². The Morgan fingerprint density at radius 3 is 2.72 bits per heavy atom. The Morgan fingerprint density at radius 2 is 2.06 bits per heavy atom. The summed E-state index contributed by atoms with van der Waals surface area (Å²) in [5, 5.41) is 7.81. The maximum absolute atomic E-state index is 4.27. The van der Waals surface area contributed by atoms with Crippen LogP contribution in [-0.4, -0.2) is 27.4 Å². The Bertz CT molecular complexity index is 308. The number of rotatable bonds is 10. The Labute approximate surface area is 111 Å². The van der Waals surface area contributed by atoms with Crippen molar-refractivity contribution in [2.75, 3.05) is 6.54 Å². The van der Waals surface area contributed by atoms with Crippen molar-refractivity contribution < 1.29 is 0 Å². The van der Waals surface area contributed by atoms with Crippen LogP contribution in [0.25, 0.3) is 0 Å². The summed E-state index contributed by atoms with van der Waals surface area (Å²) in [6.45, 7) is 5.50. The fraction of sp³-hybridized carbons (Fsp3) is 0.857. The van der Waals surface area contributed by atoms with Gasteiger partial charge in [-0.1, -0.05) is 39.0 Å². The number of nitrogens with zero attached hydrogens (tertiary/aromatic N) is 3. The van der Waals surface area contributed by atoms with E-state index in [2.05, 4.69) is 29.2 Å². The van der Waals surface area contributed by atoms with Crippen molar-refractivity contribution in [2.45, 2.75) is 64.8 Å². The molecule has 0 saturated heterocycles. The normalized spacial score (nSPS) is 12.8. The molecule has 1 rings (SSSR count). The van der Waals surface area contributed by atoms with E-state index >= 15 is 0 Å². The molecule has 0 fully saturated rings. The Morgan fingerprint density at radius 1 is 1.28 bits per heavy atom. The van der Waals surface area contributed by atoms with Crippen LogP contribution in [0.5, 0.6) is 0 Å². The quantitative estimate of drug-likeness (QED) is 0.651. The maximum atomic E-state index is 4.27. The van der Waals surface area contributed by atoms with Crippen molar-refractivity contribution in [1.82, 2.24) is 20.1 Å². The van der Waals surface area contributed by atoms with Gasteiger partial charge < -0.3 is 5.32 Å². The molecule has 1 unspecified atom stereocenters. The second-order valence-corrected chi connectivity index (χ2v) is 5.14.